The largest absolute Gasteiger partial charge is 0.497 e. The molecule has 35 heavy (non-hydrogen) atoms. The molecule has 3 rings (SSSR count). The highest BCUT2D eigenvalue weighted by atomic mass is 79.9. The Morgan fingerprint density at radius 1 is 1.11 bits per heavy atom. The molecule has 0 amide bonds. The van der Waals surface area contributed by atoms with Crippen molar-refractivity contribution in [3.05, 3.63) is 41.1 Å². The summed E-state index contributed by atoms with van der Waals surface area (Å²) in [5.41, 5.74) is 1.46. The zero-order valence-electron chi connectivity index (χ0n) is 20.8. The van der Waals surface area contributed by atoms with E-state index in [9.17, 15) is 4.79 Å². The van der Waals surface area contributed by atoms with Crippen LogP contribution in [-0.4, -0.2) is 67.4 Å². The molecule has 0 saturated carbocycles. The van der Waals surface area contributed by atoms with Crippen LogP contribution in [0.3, 0.4) is 0 Å². The molecule has 0 aliphatic carbocycles. The van der Waals surface area contributed by atoms with Crippen molar-refractivity contribution in [2.45, 2.75) is 32.9 Å². The van der Waals surface area contributed by atoms with Crippen molar-refractivity contribution in [2.75, 3.05) is 39.7 Å². The first kappa shape index (κ1) is 26.5. The Labute approximate surface area is 213 Å². The van der Waals surface area contributed by atoms with E-state index in [4.69, 9.17) is 18.9 Å². The maximum absolute atomic E-state index is 11.6. The Morgan fingerprint density at radius 3 is 2.54 bits per heavy atom. The number of nitrogens with zero attached hydrogens (tertiary/aromatic N) is 3. The van der Waals surface area contributed by atoms with Crippen molar-refractivity contribution in [3.8, 4) is 17.2 Å². The van der Waals surface area contributed by atoms with Crippen molar-refractivity contribution >= 4 is 44.3 Å². The number of anilines is 2. The summed E-state index contributed by atoms with van der Waals surface area (Å²) >= 11 is 3.55. The second-order valence-corrected chi connectivity index (χ2v) is 9.14. The van der Waals surface area contributed by atoms with Crippen LogP contribution >= 0.6 is 15.9 Å². The number of fused-ring (bicyclic) bond motifs is 1. The van der Waals surface area contributed by atoms with Gasteiger partial charge in [-0.1, -0.05) is 0 Å². The molecule has 0 saturated heterocycles. The van der Waals surface area contributed by atoms with Gasteiger partial charge < -0.3 is 29.2 Å². The molecule has 0 aliphatic heterocycles. The molecule has 1 heterocycles. The number of nitrogens with one attached hydrogen (secondary N) is 1. The Balaban J connectivity index is 1.88. The summed E-state index contributed by atoms with van der Waals surface area (Å²) in [5.74, 6) is 1.97. The highest BCUT2D eigenvalue weighted by molar-refractivity contribution is 9.10. The third-order valence-electron chi connectivity index (χ3n) is 5.48. The summed E-state index contributed by atoms with van der Waals surface area (Å²) in [6.45, 7) is 6.26. The van der Waals surface area contributed by atoms with Crippen molar-refractivity contribution < 1.29 is 23.7 Å². The number of aromatic nitrogens is 2. The number of ether oxygens (including phenoxy) is 4. The van der Waals surface area contributed by atoms with Gasteiger partial charge in [-0.2, -0.15) is 0 Å². The molecule has 0 spiro atoms. The normalized spacial score (nSPS) is 12.0. The number of rotatable bonds is 11. The number of likely N-dealkylation sites (N-methyl/N-ethyl adjacent to an activating group) is 1. The summed E-state index contributed by atoms with van der Waals surface area (Å²) in [4.78, 5) is 22.5. The lowest BCUT2D eigenvalue weighted by Crippen LogP contribution is -2.39. The van der Waals surface area contributed by atoms with Crippen molar-refractivity contribution in [1.82, 2.24) is 14.9 Å². The smallest absolute Gasteiger partial charge is 0.303 e. The molecule has 1 aromatic heterocycles. The molecule has 10 heteroatoms. The highest BCUT2D eigenvalue weighted by Crippen LogP contribution is 2.36. The molecule has 1 unspecified atom stereocenters. The molecule has 1 N–H and O–H groups in total. The number of carbonyl (C=O) groups excluding carboxylic acids is 1. The van der Waals surface area contributed by atoms with Crippen LogP contribution in [0.15, 0.2) is 41.1 Å². The molecule has 188 valence electrons. The van der Waals surface area contributed by atoms with E-state index >= 15 is 0 Å². The molecule has 0 bridgehead atoms. The Bertz CT molecular complexity index is 1170. The maximum atomic E-state index is 11.6. The van der Waals surface area contributed by atoms with Gasteiger partial charge in [0.15, 0.2) is 11.5 Å². The predicted molar refractivity (Wildman–Crippen MR) is 139 cm³/mol. The SMILES string of the molecule is COc1ccc(Br)c(Nc2ncnc3cc(OCC(CN(C)C(C)C)OC(C)=O)c(OC)cc23)c1. The van der Waals surface area contributed by atoms with E-state index in [0.717, 1.165) is 15.5 Å². The minimum absolute atomic E-state index is 0.172. The third-order valence-corrected chi connectivity index (χ3v) is 6.17. The second kappa shape index (κ2) is 12.0. The minimum atomic E-state index is -0.437. The standard InChI is InChI=1S/C25H31BrN4O5/c1-15(2)30(4)12-18(35-16(3)31)13-34-24-11-21-19(10-23(24)33-6)25(28-14-27-21)29-22-9-17(32-5)7-8-20(22)26/h7-11,14-15,18H,12-13H2,1-6H3,(H,27,28,29). The van der Waals surface area contributed by atoms with E-state index in [1.165, 1.54) is 13.3 Å². The van der Waals surface area contributed by atoms with Gasteiger partial charge in [0.1, 0.15) is 30.6 Å². The number of halogens is 1. The number of carbonyl (C=O) groups is 1. The molecule has 3 aromatic rings. The Morgan fingerprint density at radius 2 is 1.89 bits per heavy atom. The number of methoxy groups -OCH3 is 2. The van der Waals surface area contributed by atoms with Crippen LogP contribution in [0.2, 0.25) is 0 Å². The topological polar surface area (TPSA) is 95.0 Å². The molecule has 0 fully saturated rings. The fourth-order valence-corrected chi connectivity index (χ4v) is 3.71. The second-order valence-electron chi connectivity index (χ2n) is 8.29. The molecule has 1 atom stereocenters. The van der Waals surface area contributed by atoms with Gasteiger partial charge in [0.05, 0.1) is 25.4 Å². The zero-order valence-corrected chi connectivity index (χ0v) is 22.4. The first-order chi connectivity index (χ1) is 16.7. The summed E-state index contributed by atoms with van der Waals surface area (Å²) in [6.07, 6.45) is 1.04. The predicted octanol–water partition coefficient (Wildman–Crippen LogP) is 4.80. The Hall–Kier alpha value is -3.11. The first-order valence-corrected chi connectivity index (χ1v) is 11.9. The van der Waals surface area contributed by atoms with Gasteiger partial charge >= 0.3 is 5.97 Å². The fourth-order valence-electron chi connectivity index (χ4n) is 3.36. The molecule has 2 aromatic carbocycles. The monoisotopic (exact) mass is 546 g/mol. The summed E-state index contributed by atoms with van der Waals surface area (Å²) in [7, 11) is 5.16. The van der Waals surface area contributed by atoms with Gasteiger partial charge in [-0.25, -0.2) is 9.97 Å². The number of benzene rings is 2. The van der Waals surface area contributed by atoms with Crippen LogP contribution in [0.1, 0.15) is 20.8 Å². The minimum Gasteiger partial charge on any atom is -0.497 e. The number of esters is 1. The van der Waals surface area contributed by atoms with E-state index in [0.29, 0.717) is 41.2 Å². The van der Waals surface area contributed by atoms with Crippen LogP contribution in [0, 0.1) is 0 Å². The summed E-state index contributed by atoms with van der Waals surface area (Å²) < 4.78 is 23.3. The molecular formula is C25H31BrN4O5. The van der Waals surface area contributed by atoms with Crippen LogP contribution < -0.4 is 19.5 Å². The zero-order chi connectivity index (χ0) is 25.5. The first-order valence-electron chi connectivity index (χ1n) is 11.1. The summed E-state index contributed by atoms with van der Waals surface area (Å²) in [5, 5.41) is 4.08. The number of hydrogen-bond acceptors (Lipinski definition) is 9. The number of hydrogen-bond donors (Lipinski definition) is 1. The maximum Gasteiger partial charge on any atom is 0.303 e. The average molecular weight is 547 g/mol. The summed E-state index contributed by atoms with van der Waals surface area (Å²) in [6, 6.07) is 9.54. The van der Waals surface area contributed by atoms with Crippen molar-refractivity contribution in [3.63, 3.8) is 0 Å². The Kier molecular flexibility index (Phi) is 9.11. The molecule has 0 radical (unpaired) electrons. The lowest BCUT2D eigenvalue weighted by atomic mass is 10.2. The van der Waals surface area contributed by atoms with E-state index in [1.54, 1.807) is 20.3 Å². The van der Waals surface area contributed by atoms with E-state index in [1.807, 2.05) is 31.3 Å². The van der Waals surface area contributed by atoms with Crippen molar-refractivity contribution in [2.24, 2.45) is 0 Å². The van der Waals surface area contributed by atoms with Crippen LogP contribution in [0.25, 0.3) is 10.9 Å². The van der Waals surface area contributed by atoms with Crippen LogP contribution in [-0.2, 0) is 9.53 Å². The lowest BCUT2D eigenvalue weighted by molar-refractivity contribution is -0.148. The average Bonchev–Trinajstić information content (AvgIpc) is 2.83. The van der Waals surface area contributed by atoms with E-state index in [-0.39, 0.29) is 12.6 Å². The molecule has 9 nitrogen and oxygen atoms in total. The molecular weight excluding hydrogens is 516 g/mol. The van der Waals surface area contributed by atoms with Gasteiger partial charge in [-0.3, -0.25) is 4.79 Å². The van der Waals surface area contributed by atoms with Crippen LogP contribution in [0.4, 0.5) is 11.5 Å². The third kappa shape index (κ3) is 6.95. The highest BCUT2D eigenvalue weighted by Gasteiger charge is 2.19. The fraction of sp³-hybridized carbons (Fsp3) is 0.400. The van der Waals surface area contributed by atoms with Gasteiger partial charge in [-0.15, -0.1) is 0 Å². The van der Waals surface area contributed by atoms with E-state index < -0.39 is 6.10 Å². The van der Waals surface area contributed by atoms with Gasteiger partial charge in [0.25, 0.3) is 0 Å². The van der Waals surface area contributed by atoms with Crippen LogP contribution in [0.5, 0.6) is 17.2 Å². The van der Waals surface area contributed by atoms with Gasteiger partial charge in [0.2, 0.25) is 0 Å². The van der Waals surface area contributed by atoms with Gasteiger partial charge in [-0.05, 0) is 55.0 Å². The van der Waals surface area contributed by atoms with Gasteiger partial charge in [0, 0.05) is 41.5 Å². The van der Waals surface area contributed by atoms with Crippen molar-refractivity contribution in [1.29, 1.82) is 0 Å². The molecule has 0 aliphatic rings. The quantitative estimate of drug-likeness (QED) is 0.340. The lowest BCUT2D eigenvalue weighted by Gasteiger charge is -2.26. The van der Waals surface area contributed by atoms with E-state index in [2.05, 4.69) is 50.0 Å².